The summed E-state index contributed by atoms with van der Waals surface area (Å²) in [7, 11) is 0. The maximum absolute atomic E-state index is 6.37. The first-order valence-corrected chi connectivity index (χ1v) is 8.80. The maximum Gasteiger partial charge on any atom is 0.185 e. The minimum absolute atomic E-state index is 0.187. The highest BCUT2D eigenvalue weighted by molar-refractivity contribution is 7.15. The lowest BCUT2D eigenvalue weighted by Gasteiger charge is -2.32. The summed E-state index contributed by atoms with van der Waals surface area (Å²) in [4.78, 5) is 8.80. The molecule has 2 atom stereocenters. The van der Waals surface area contributed by atoms with Crippen molar-refractivity contribution >= 4 is 16.5 Å². The second-order valence-electron chi connectivity index (χ2n) is 7.32. The van der Waals surface area contributed by atoms with Gasteiger partial charge in [-0.15, -0.1) is 0 Å². The fraction of sp³-hybridized carbons (Fsp3) is 0.812. The predicted octanol–water partition coefficient (Wildman–Crippen LogP) is 3.74. The topological polar surface area (TPSA) is 42.2 Å². The molecule has 1 aliphatic carbocycles. The Kier molecular flexibility index (Phi) is 3.80. The molecule has 1 aliphatic heterocycles. The summed E-state index contributed by atoms with van der Waals surface area (Å²) in [6.45, 7) is 9.27. The van der Waals surface area contributed by atoms with Gasteiger partial charge in [-0.2, -0.15) is 0 Å². The number of nitrogens with zero attached hydrogens (tertiary/aromatic N) is 2. The SMILES string of the molecule is CCC1CCCN(c2nc3c(s2)C(N)CC(C)(C)C3)C1. The minimum Gasteiger partial charge on any atom is -0.348 e. The summed E-state index contributed by atoms with van der Waals surface area (Å²) in [5.74, 6) is 0.842. The molecule has 1 aromatic rings. The molecular weight excluding hydrogens is 266 g/mol. The molecule has 0 bridgehead atoms. The lowest BCUT2D eigenvalue weighted by Crippen LogP contribution is -2.35. The van der Waals surface area contributed by atoms with Crippen molar-refractivity contribution in [1.29, 1.82) is 0 Å². The molecule has 4 heteroatoms. The number of hydrogen-bond donors (Lipinski definition) is 1. The van der Waals surface area contributed by atoms with Crippen molar-refractivity contribution < 1.29 is 0 Å². The van der Waals surface area contributed by atoms with Crippen LogP contribution in [0.25, 0.3) is 0 Å². The molecule has 0 amide bonds. The zero-order valence-corrected chi connectivity index (χ0v) is 13.8. The molecule has 2 aliphatic rings. The van der Waals surface area contributed by atoms with Gasteiger partial charge in [-0.05, 0) is 37.0 Å². The van der Waals surface area contributed by atoms with Gasteiger partial charge in [0.2, 0.25) is 0 Å². The van der Waals surface area contributed by atoms with Crippen molar-refractivity contribution in [2.24, 2.45) is 17.1 Å². The Balaban J connectivity index is 1.83. The van der Waals surface area contributed by atoms with Crippen molar-refractivity contribution in [3.63, 3.8) is 0 Å². The highest BCUT2D eigenvalue weighted by Gasteiger charge is 2.34. The third kappa shape index (κ3) is 2.73. The van der Waals surface area contributed by atoms with Crippen LogP contribution >= 0.6 is 11.3 Å². The Morgan fingerprint density at radius 2 is 2.25 bits per heavy atom. The first-order valence-electron chi connectivity index (χ1n) is 7.98. The Labute approximate surface area is 126 Å². The van der Waals surface area contributed by atoms with Crippen molar-refractivity contribution in [3.8, 4) is 0 Å². The molecule has 0 spiro atoms. The zero-order chi connectivity index (χ0) is 14.3. The zero-order valence-electron chi connectivity index (χ0n) is 13.0. The van der Waals surface area contributed by atoms with Crippen LogP contribution in [-0.2, 0) is 6.42 Å². The number of rotatable bonds is 2. The van der Waals surface area contributed by atoms with Gasteiger partial charge in [-0.3, -0.25) is 0 Å². The summed E-state index contributed by atoms with van der Waals surface area (Å²) >= 11 is 1.85. The van der Waals surface area contributed by atoms with Gasteiger partial charge >= 0.3 is 0 Å². The van der Waals surface area contributed by atoms with E-state index in [2.05, 4.69) is 25.7 Å². The summed E-state index contributed by atoms with van der Waals surface area (Å²) in [6, 6.07) is 0.187. The van der Waals surface area contributed by atoms with Gasteiger partial charge in [0.05, 0.1) is 5.69 Å². The Bertz CT molecular complexity index is 480. The van der Waals surface area contributed by atoms with Crippen LogP contribution < -0.4 is 10.6 Å². The van der Waals surface area contributed by atoms with Crippen LogP contribution in [0.4, 0.5) is 5.13 Å². The quantitative estimate of drug-likeness (QED) is 0.903. The third-order valence-electron chi connectivity index (χ3n) is 4.84. The summed E-state index contributed by atoms with van der Waals surface area (Å²) in [5, 5.41) is 1.22. The Morgan fingerprint density at radius 3 is 3.00 bits per heavy atom. The third-order valence-corrected chi connectivity index (χ3v) is 6.13. The van der Waals surface area contributed by atoms with Crippen LogP contribution in [0.1, 0.15) is 63.1 Å². The monoisotopic (exact) mass is 293 g/mol. The molecule has 2 unspecified atom stereocenters. The molecule has 112 valence electrons. The van der Waals surface area contributed by atoms with E-state index in [1.807, 2.05) is 11.3 Å². The van der Waals surface area contributed by atoms with E-state index in [9.17, 15) is 0 Å². The van der Waals surface area contributed by atoms with E-state index in [0.29, 0.717) is 5.41 Å². The smallest absolute Gasteiger partial charge is 0.185 e. The molecule has 2 heterocycles. The van der Waals surface area contributed by atoms with Gasteiger partial charge in [0.15, 0.2) is 5.13 Å². The molecule has 1 aromatic heterocycles. The van der Waals surface area contributed by atoms with Crippen LogP contribution in [0.2, 0.25) is 0 Å². The number of nitrogens with two attached hydrogens (primary N) is 1. The fourth-order valence-corrected chi connectivity index (χ4v) is 4.81. The Morgan fingerprint density at radius 1 is 1.45 bits per heavy atom. The maximum atomic E-state index is 6.37. The van der Waals surface area contributed by atoms with Crippen LogP contribution in [0, 0.1) is 11.3 Å². The van der Waals surface area contributed by atoms with Crippen molar-refractivity contribution in [2.75, 3.05) is 18.0 Å². The van der Waals surface area contributed by atoms with E-state index in [-0.39, 0.29) is 6.04 Å². The number of thiazole rings is 1. The van der Waals surface area contributed by atoms with Crippen LogP contribution in [0.15, 0.2) is 0 Å². The molecule has 0 saturated carbocycles. The summed E-state index contributed by atoms with van der Waals surface area (Å²) in [6.07, 6.45) is 6.13. The second kappa shape index (κ2) is 5.30. The van der Waals surface area contributed by atoms with Crippen LogP contribution in [0.3, 0.4) is 0 Å². The molecule has 20 heavy (non-hydrogen) atoms. The molecule has 2 N–H and O–H groups in total. The molecular formula is C16H27N3S. The molecule has 3 rings (SSSR count). The van der Waals surface area contributed by atoms with E-state index in [1.165, 1.54) is 48.1 Å². The molecule has 3 nitrogen and oxygen atoms in total. The van der Waals surface area contributed by atoms with Gasteiger partial charge in [0, 0.05) is 24.0 Å². The number of aromatic nitrogens is 1. The first-order chi connectivity index (χ1) is 9.48. The van der Waals surface area contributed by atoms with E-state index < -0.39 is 0 Å². The standard InChI is InChI=1S/C16H27N3S/c1-4-11-6-5-7-19(10-11)15-18-13-9-16(2,3)8-12(17)14(13)20-15/h11-12H,4-10,17H2,1-3H3. The van der Waals surface area contributed by atoms with Gasteiger partial charge < -0.3 is 10.6 Å². The largest absolute Gasteiger partial charge is 0.348 e. The highest BCUT2D eigenvalue weighted by Crippen LogP contribution is 2.44. The molecule has 0 aromatic carbocycles. The van der Waals surface area contributed by atoms with E-state index in [4.69, 9.17) is 10.7 Å². The molecule has 1 fully saturated rings. The first kappa shape index (κ1) is 14.3. The number of hydrogen-bond acceptors (Lipinski definition) is 4. The average Bonchev–Trinajstić information content (AvgIpc) is 2.81. The predicted molar refractivity (Wildman–Crippen MR) is 86.4 cm³/mol. The normalized spacial score (nSPS) is 29.3. The van der Waals surface area contributed by atoms with Gasteiger partial charge in [0.25, 0.3) is 0 Å². The number of anilines is 1. The van der Waals surface area contributed by atoms with Gasteiger partial charge in [0.1, 0.15) is 0 Å². The average molecular weight is 293 g/mol. The summed E-state index contributed by atoms with van der Waals surface area (Å²) < 4.78 is 0. The fourth-order valence-electron chi connectivity index (χ4n) is 3.69. The number of piperidine rings is 1. The highest BCUT2D eigenvalue weighted by atomic mass is 32.1. The minimum atomic E-state index is 0.187. The Hall–Kier alpha value is -0.610. The number of fused-ring (bicyclic) bond motifs is 1. The van der Waals surface area contributed by atoms with E-state index in [0.717, 1.165) is 18.8 Å². The van der Waals surface area contributed by atoms with E-state index >= 15 is 0 Å². The second-order valence-corrected chi connectivity index (χ2v) is 8.33. The molecule has 1 saturated heterocycles. The van der Waals surface area contributed by atoms with Crippen LogP contribution in [-0.4, -0.2) is 18.1 Å². The molecule has 0 radical (unpaired) electrons. The van der Waals surface area contributed by atoms with Crippen molar-refractivity contribution in [3.05, 3.63) is 10.6 Å². The van der Waals surface area contributed by atoms with Gasteiger partial charge in [-0.1, -0.05) is 38.5 Å². The van der Waals surface area contributed by atoms with Gasteiger partial charge in [-0.25, -0.2) is 4.98 Å². The lowest BCUT2D eigenvalue weighted by atomic mass is 9.77. The van der Waals surface area contributed by atoms with Crippen LogP contribution in [0.5, 0.6) is 0 Å². The summed E-state index contributed by atoms with van der Waals surface area (Å²) in [5.41, 5.74) is 7.94. The van der Waals surface area contributed by atoms with E-state index in [1.54, 1.807) is 0 Å². The van der Waals surface area contributed by atoms with Crippen molar-refractivity contribution in [1.82, 2.24) is 4.98 Å². The lowest BCUT2D eigenvalue weighted by molar-refractivity contribution is 0.282. The van der Waals surface area contributed by atoms with Crippen molar-refractivity contribution in [2.45, 2.75) is 58.9 Å².